The molecule has 0 radical (unpaired) electrons. The van der Waals surface area contributed by atoms with Crippen LogP contribution in [0.1, 0.15) is 5.56 Å². The molecule has 0 aliphatic rings. The average Bonchev–Trinajstić information content (AvgIpc) is 2.32. The molecule has 0 unspecified atom stereocenters. The lowest BCUT2D eigenvalue weighted by Crippen LogP contribution is -2.02. The van der Waals surface area contributed by atoms with E-state index in [2.05, 4.69) is 31.2 Å². The van der Waals surface area contributed by atoms with Crippen molar-refractivity contribution in [2.75, 3.05) is 5.32 Å². The molecule has 0 amide bonds. The second kappa shape index (κ2) is 5.50. The molecule has 0 bridgehead atoms. The van der Waals surface area contributed by atoms with E-state index >= 15 is 0 Å². The Morgan fingerprint density at radius 1 is 1.42 bits per heavy atom. The van der Waals surface area contributed by atoms with Crippen LogP contribution in [0.2, 0.25) is 5.15 Å². The molecule has 2 rings (SSSR count). The fraction of sp³-hybridized carbons (Fsp3) is 0.0909. The Labute approximate surface area is 122 Å². The number of hydrogen-bond acceptors (Lipinski definition) is 5. The third-order valence-electron chi connectivity index (χ3n) is 2.40. The lowest BCUT2D eigenvalue weighted by atomic mass is 10.2. The van der Waals surface area contributed by atoms with Gasteiger partial charge in [0.05, 0.1) is 4.92 Å². The molecule has 0 fully saturated rings. The van der Waals surface area contributed by atoms with Crippen molar-refractivity contribution >= 4 is 44.7 Å². The Balaban J connectivity index is 2.44. The number of hydrogen-bond donors (Lipinski definition) is 1. The summed E-state index contributed by atoms with van der Waals surface area (Å²) in [5, 5.41) is 13.7. The minimum Gasteiger partial charge on any atom is -0.334 e. The van der Waals surface area contributed by atoms with Crippen molar-refractivity contribution in [3.63, 3.8) is 0 Å². The fourth-order valence-electron chi connectivity index (χ4n) is 1.51. The summed E-state index contributed by atoms with van der Waals surface area (Å²) in [6, 6.07) is 5.50. The lowest BCUT2D eigenvalue weighted by Gasteiger charge is -2.09. The zero-order valence-electron chi connectivity index (χ0n) is 9.72. The molecular formula is C11H8BrClN4O2. The summed E-state index contributed by atoms with van der Waals surface area (Å²) in [6.07, 6.45) is 1.17. The van der Waals surface area contributed by atoms with E-state index in [9.17, 15) is 10.1 Å². The van der Waals surface area contributed by atoms with Gasteiger partial charge in [0, 0.05) is 10.2 Å². The average molecular weight is 344 g/mol. The van der Waals surface area contributed by atoms with Gasteiger partial charge in [0.1, 0.15) is 6.33 Å². The zero-order chi connectivity index (χ0) is 14.0. The van der Waals surface area contributed by atoms with Gasteiger partial charge < -0.3 is 5.32 Å². The van der Waals surface area contributed by atoms with Gasteiger partial charge in [0.25, 0.3) is 0 Å². The van der Waals surface area contributed by atoms with Crippen LogP contribution in [0, 0.1) is 17.0 Å². The van der Waals surface area contributed by atoms with E-state index in [0.717, 1.165) is 10.0 Å². The summed E-state index contributed by atoms with van der Waals surface area (Å²) < 4.78 is 0.922. The molecule has 6 nitrogen and oxygen atoms in total. The van der Waals surface area contributed by atoms with Gasteiger partial charge >= 0.3 is 5.69 Å². The molecule has 8 heteroatoms. The number of nitrogens with zero attached hydrogens (tertiary/aromatic N) is 3. The maximum atomic E-state index is 11.0. The first kappa shape index (κ1) is 13.7. The largest absolute Gasteiger partial charge is 0.348 e. The molecule has 0 saturated carbocycles. The van der Waals surface area contributed by atoms with Gasteiger partial charge in [0.2, 0.25) is 11.0 Å². The third kappa shape index (κ3) is 2.99. The second-order valence-electron chi connectivity index (χ2n) is 3.70. The standard InChI is InChI=1S/C11H8BrClN4O2/c1-6-4-7(12)2-3-8(6)16-11-9(17(18)19)10(13)14-5-15-11/h2-5H,1H3,(H,14,15,16). The van der Waals surface area contributed by atoms with Gasteiger partial charge in [-0.05, 0) is 30.7 Å². The first-order valence-electron chi connectivity index (χ1n) is 5.17. The van der Waals surface area contributed by atoms with Crippen molar-refractivity contribution in [3.05, 3.63) is 49.8 Å². The Hall–Kier alpha value is -1.73. The molecule has 98 valence electrons. The number of halogens is 2. The SMILES string of the molecule is Cc1cc(Br)ccc1Nc1ncnc(Cl)c1[N+](=O)[O-]. The van der Waals surface area contributed by atoms with Gasteiger partial charge in [0.15, 0.2) is 0 Å². The van der Waals surface area contributed by atoms with Crippen LogP contribution in [0.15, 0.2) is 29.0 Å². The van der Waals surface area contributed by atoms with Crippen LogP contribution in [0.25, 0.3) is 0 Å². The van der Waals surface area contributed by atoms with Crippen molar-refractivity contribution in [1.29, 1.82) is 0 Å². The monoisotopic (exact) mass is 342 g/mol. The van der Waals surface area contributed by atoms with Crippen molar-refractivity contribution in [1.82, 2.24) is 9.97 Å². The van der Waals surface area contributed by atoms with Crippen LogP contribution in [-0.4, -0.2) is 14.9 Å². The third-order valence-corrected chi connectivity index (χ3v) is 3.17. The molecule has 0 saturated heterocycles. The van der Waals surface area contributed by atoms with Crippen LogP contribution in [0.5, 0.6) is 0 Å². The number of benzene rings is 1. The van der Waals surface area contributed by atoms with Crippen molar-refractivity contribution in [2.24, 2.45) is 0 Å². The maximum absolute atomic E-state index is 11.0. The Bertz CT molecular complexity index is 651. The molecule has 0 aliphatic heterocycles. The van der Waals surface area contributed by atoms with Gasteiger partial charge in [-0.1, -0.05) is 27.5 Å². The predicted molar refractivity (Wildman–Crippen MR) is 75.9 cm³/mol. The number of rotatable bonds is 3. The van der Waals surface area contributed by atoms with E-state index in [1.807, 2.05) is 19.1 Å². The smallest absolute Gasteiger partial charge is 0.334 e. The molecule has 19 heavy (non-hydrogen) atoms. The number of nitrogens with one attached hydrogen (secondary N) is 1. The molecule has 1 aromatic heterocycles. The van der Waals surface area contributed by atoms with E-state index in [0.29, 0.717) is 5.69 Å². The molecule has 1 heterocycles. The minimum absolute atomic E-state index is 0.0652. The summed E-state index contributed by atoms with van der Waals surface area (Å²) >= 11 is 9.06. The number of aryl methyl sites for hydroxylation is 1. The molecule has 0 aliphatic carbocycles. The number of anilines is 2. The summed E-state index contributed by atoms with van der Waals surface area (Å²) in [5.74, 6) is 0.0652. The molecule has 1 aromatic carbocycles. The van der Waals surface area contributed by atoms with Crippen LogP contribution < -0.4 is 5.32 Å². The normalized spacial score (nSPS) is 10.3. The minimum atomic E-state index is -0.612. The van der Waals surface area contributed by atoms with Gasteiger partial charge in [-0.25, -0.2) is 9.97 Å². The highest BCUT2D eigenvalue weighted by atomic mass is 79.9. The molecule has 2 aromatic rings. The topological polar surface area (TPSA) is 81.0 Å². The van der Waals surface area contributed by atoms with Gasteiger partial charge in [-0.2, -0.15) is 0 Å². The molecular weight excluding hydrogens is 336 g/mol. The molecule has 0 spiro atoms. The summed E-state index contributed by atoms with van der Waals surface area (Å²) in [5.41, 5.74) is 1.28. The summed E-state index contributed by atoms with van der Waals surface area (Å²) in [4.78, 5) is 17.8. The van der Waals surface area contributed by atoms with Crippen LogP contribution >= 0.6 is 27.5 Å². The van der Waals surface area contributed by atoms with E-state index < -0.39 is 4.92 Å². The summed E-state index contributed by atoms with van der Waals surface area (Å²) in [7, 11) is 0. The number of aromatic nitrogens is 2. The summed E-state index contributed by atoms with van der Waals surface area (Å²) in [6.45, 7) is 1.88. The fourth-order valence-corrected chi connectivity index (χ4v) is 2.18. The first-order valence-corrected chi connectivity index (χ1v) is 6.34. The number of nitro groups is 1. The highest BCUT2D eigenvalue weighted by Gasteiger charge is 2.21. The van der Waals surface area contributed by atoms with E-state index in [4.69, 9.17) is 11.6 Å². The molecule has 1 N–H and O–H groups in total. The second-order valence-corrected chi connectivity index (χ2v) is 4.98. The highest BCUT2D eigenvalue weighted by molar-refractivity contribution is 9.10. The van der Waals surface area contributed by atoms with Crippen molar-refractivity contribution < 1.29 is 4.92 Å². The zero-order valence-corrected chi connectivity index (χ0v) is 12.1. The lowest BCUT2D eigenvalue weighted by molar-refractivity contribution is -0.384. The highest BCUT2D eigenvalue weighted by Crippen LogP contribution is 2.32. The van der Waals surface area contributed by atoms with Crippen molar-refractivity contribution in [2.45, 2.75) is 6.92 Å². The van der Waals surface area contributed by atoms with Crippen LogP contribution in [0.4, 0.5) is 17.2 Å². The maximum Gasteiger partial charge on any atom is 0.348 e. The van der Waals surface area contributed by atoms with Gasteiger partial charge in [-0.15, -0.1) is 0 Å². The quantitative estimate of drug-likeness (QED) is 0.520. The predicted octanol–water partition coefficient (Wildman–Crippen LogP) is 3.85. The van der Waals surface area contributed by atoms with Crippen molar-refractivity contribution in [3.8, 4) is 0 Å². The Morgan fingerprint density at radius 3 is 2.79 bits per heavy atom. The Morgan fingerprint density at radius 2 is 2.16 bits per heavy atom. The molecule has 0 atom stereocenters. The van der Waals surface area contributed by atoms with E-state index in [-0.39, 0.29) is 16.7 Å². The first-order chi connectivity index (χ1) is 8.99. The van der Waals surface area contributed by atoms with E-state index in [1.165, 1.54) is 6.33 Å². The van der Waals surface area contributed by atoms with Crippen LogP contribution in [-0.2, 0) is 0 Å². The van der Waals surface area contributed by atoms with Crippen LogP contribution in [0.3, 0.4) is 0 Å². The Kier molecular flexibility index (Phi) is 3.96. The van der Waals surface area contributed by atoms with Gasteiger partial charge in [-0.3, -0.25) is 10.1 Å². The van der Waals surface area contributed by atoms with E-state index in [1.54, 1.807) is 6.07 Å².